The number of H-pyrrole nitrogens is 1. The van der Waals surface area contributed by atoms with E-state index in [1.54, 1.807) is 0 Å². The lowest BCUT2D eigenvalue weighted by Crippen LogP contribution is -2.42. The first-order valence-electron chi connectivity index (χ1n) is 5.80. The number of halogens is 2. The zero-order valence-corrected chi connectivity index (χ0v) is 12.0. The van der Waals surface area contributed by atoms with E-state index in [0.29, 0.717) is 5.69 Å². The third kappa shape index (κ3) is 3.93. The smallest absolute Gasteiger partial charge is 0.326 e. The number of carboxylic acids is 1. The quantitative estimate of drug-likeness (QED) is 0.721. The maximum atomic E-state index is 12.1. The summed E-state index contributed by atoms with van der Waals surface area (Å²) >= 11 is 11.5. The average Bonchev–Trinajstić information content (AvgIpc) is 2.90. The van der Waals surface area contributed by atoms with E-state index in [4.69, 9.17) is 28.3 Å². The lowest BCUT2D eigenvalue weighted by Gasteiger charge is -2.14. The van der Waals surface area contributed by atoms with Crippen LogP contribution in [0.3, 0.4) is 0 Å². The Morgan fingerprint density at radius 2 is 2.14 bits per heavy atom. The lowest BCUT2D eigenvalue weighted by molar-refractivity contribution is -0.139. The predicted octanol–water partition coefficient (Wildman–Crippen LogP) is 1.54. The van der Waals surface area contributed by atoms with Crippen LogP contribution in [0, 0.1) is 0 Å². The molecule has 0 aliphatic rings. The molecule has 0 radical (unpaired) electrons. The minimum Gasteiger partial charge on any atom is -0.480 e. The van der Waals surface area contributed by atoms with Crippen LogP contribution in [0.1, 0.15) is 16.1 Å². The van der Waals surface area contributed by atoms with Crippen LogP contribution in [-0.2, 0) is 11.2 Å². The Labute approximate surface area is 129 Å². The Bertz CT molecular complexity index is 661. The van der Waals surface area contributed by atoms with Crippen molar-refractivity contribution in [2.75, 3.05) is 0 Å². The van der Waals surface area contributed by atoms with Crippen molar-refractivity contribution in [2.24, 2.45) is 0 Å². The van der Waals surface area contributed by atoms with E-state index in [1.807, 2.05) is 0 Å². The number of amides is 1. The van der Waals surface area contributed by atoms with Crippen molar-refractivity contribution < 1.29 is 14.7 Å². The molecule has 9 heteroatoms. The average molecular weight is 329 g/mol. The van der Waals surface area contributed by atoms with Crippen molar-refractivity contribution in [1.29, 1.82) is 0 Å². The van der Waals surface area contributed by atoms with Gasteiger partial charge in [-0.15, -0.1) is 0 Å². The molecule has 2 rings (SSSR count). The summed E-state index contributed by atoms with van der Waals surface area (Å²) in [5.41, 5.74) is 0.639. The van der Waals surface area contributed by atoms with Gasteiger partial charge in [0.05, 0.1) is 11.9 Å². The molecule has 0 saturated carbocycles. The summed E-state index contributed by atoms with van der Waals surface area (Å²) in [4.78, 5) is 33.6. The van der Waals surface area contributed by atoms with E-state index in [0.717, 1.165) is 0 Å². The van der Waals surface area contributed by atoms with Crippen LogP contribution >= 0.6 is 23.2 Å². The number of imidazole rings is 1. The van der Waals surface area contributed by atoms with E-state index >= 15 is 0 Å². The van der Waals surface area contributed by atoms with E-state index in [9.17, 15) is 9.59 Å². The van der Waals surface area contributed by atoms with Gasteiger partial charge in [-0.05, 0) is 12.1 Å². The molecule has 2 heterocycles. The Morgan fingerprint density at radius 1 is 1.38 bits per heavy atom. The normalized spacial score (nSPS) is 11.9. The number of aliphatic carboxylic acids is 1. The highest BCUT2D eigenvalue weighted by Crippen LogP contribution is 2.16. The van der Waals surface area contributed by atoms with Crippen LogP contribution in [0.4, 0.5) is 0 Å². The zero-order valence-electron chi connectivity index (χ0n) is 10.5. The monoisotopic (exact) mass is 328 g/mol. The molecule has 7 nitrogen and oxygen atoms in total. The number of carboxylic acid groups (broad SMARTS) is 1. The molecule has 0 aliphatic carbocycles. The van der Waals surface area contributed by atoms with Gasteiger partial charge in [0.15, 0.2) is 0 Å². The summed E-state index contributed by atoms with van der Waals surface area (Å²) in [7, 11) is 0. The Kier molecular flexibility index (Phi) is 4.77. The summed E-state index contributed by atoms with van der Waals surface area (Å²) < 4.78 is 0. The van der Waals surface area contributed by atoms with Gasteiger partial charge in [0.2, 0.25) is 0 Å². The number of pyridine rings is 1. The first kappa shape index (κ1) is 15.3. The van der Waals surface area contributed by atoms with Gasteiger partial charge in [0, 0.05) is 18.3 Å². The van der Waals surface area contributed by atoms with Crippen molar-refractivity contribution >= 4 is 35.1 Å². The van der Waals surface area contributed by atoms with Gasteiger partial charge in [-0.3, -0.25) is 4.79 Å². The lowest BCUT2D eigenvalue weighted by atomic mass is 10.1. The fourth-order valence-electron chi connectivity index (χ4n) is 1.63. The van der Waals surface area contributed by atoms with Crippen LogP contribution in [0.5, 0.6) is 0 Å². The number of aromatic nitrogens is 3. The molecule has 1 amide bonds. The van der Waals surface area contributed by atoms with Crippen LogP contribution in [0.2, 0.25) is 10.3 Å². The van der Waals surface area contributed by atoms with Gasteiger partial charge in [-0.25, -0.2) is 14.8 Å². The van der Waals surface area contributed by atoms with Crippen molar-refractivity contribution in [3.63, 3.8) is 0 Å². The molecule has 2 aromatic rings. The number of hydrogen-bond acceptors (Lipinski definition) is 4. The molecule has 2 aromatic heterocycles. The molecule has 0 saturated heterocycles. The Balaban J connectivity index is 2.12. The molecule has 0 fully saturated rings. The Morgan fingerprint density at radius 3 is 2.71 bits per heavy atom. The molecule has 1 unspecified atom stereocenters. The first-order valence-corrected chi connectivity index (χ1v) is 6.56. The highest BCUT2D eigenvalue weighted by atomic mass is 35.5. The van der Waals surface area contributed by atoms with E-state index in [2.05, 4.69) is 20.3 Å². The van der Waals surface area contributed by atoms with Crippen molar-refractivity contribution in [1.82, 2.24) is 20.3 Å². The second kappa shape index (κ2) is 6.55. The van der Waals surface area contributed by atoms with Gasteiger partial charge < -0.3 is 15.4 Å². The minimum atomic E-state index is -1.17. The van der Waals surface area contributed by atoms with Gasteiger partial charge in [-0.2, -0.15) is 0 Å². The minimum absolute atomic E-state index is 0.0527. The molecule has 0 aliphatic heterocycles. The fourth-order valence-corrected chi connectivity index (χ4v) is 2.06. The summed E-state index contributed by atoms with van der Waals surface area (Å²) in [6.07, 6.45) is 2.98. The number of aromatic amines is 1. The molecule has 21 heavy (non-hydrogen) atoms. The predicted molar refractivity (Wildman–Crippen MR) is 75.4 cm³/mol. The number of rotatable bonds is 5. The molecule has 0 aromatic carbocycles. The molecular formula is C12H10Cl2N4O3. The number of hydrogen-bond donors (Lipinski definition) is 3. The topological polar surface area (TPSA) is 108 Å². The fraction of sp³-hybridized carbons (Fsp3) is 0.167. The largest absolute Gasteiger partial charge is 0.480 e. The summed E-state index contributed by atoms with van der Waals surface area (Å²) in [6.45, 7) is 0. The summed E-state index contributed by atoms with van der Waals surface area (Å²) in [5.74, 6) is -1.81. The van der Waals surface area contributed by atoms with E-state index < -0.39 is 17.9 Å². The second-order valence-corrected chi connectivity index (χ2v) is 4.86. The highest BCUT2D eigenvalue weighted by Gasteiger charge is 2.23. The van der Waals surface area contributed by atoms with E-state index in [-0.39, 0.29) is 22.3 Å². The van der Waals surface area contributed by atoms with Gasteiger partial charge in [0.1, 0.15) is 16.3 Å². The van der Waals surface area contributed by atoms with Crippen LogP contribution in [-0.4, -0.2) is 38.0 Å². The number of nitrogens with zero attached hydrogens (tertiary/aromatic N) is 2. The number of nitrogens with one attached hydrogen (secondary N) is 2. The standard InChI is InChI=1S/C12H10Cl2N4O3/c13-9-2-1-7(10(14)18-9)11(19)17-8(12(20)21)3-6-4-15-5-16-6/h1-2,4-5,8H,3H2,(H,15,16)(H,17,19)(H,20,21). The molecule has 0 bridgehead atoms. The van der Waals surface area contributed by atoms with Crippen LogP contribution in [0.15, 0.2) is 24.7 Å². The summed E-state index contributed by atoms with van der Waals surface area (Å²) in [6, 6.07) is 1.65. The second-order valence-electron chi connectivity index (χ2n) is 4.12. The molecule has 1 atom stereocenters. The van der Waals surface area contributed by atoms with Crippen molar-refractivity contribution in [2.45, 2.75) is 12.5 Å². The maximum absolute atomic E-state index is 12.1. The first-order chi connectivity index (χ1) is 9.97. The zero-order chi connectivity index (χ0) is 15.4. The van der Waals surface area contributed by atoms with E-state index in [1.165, 1.54) is 24.7 Å². The van der Waals surface area contributed by atoms with Gasteiger partial charge in [-0.1, -0.05) is 23.2 Å². The SMILES string of the molecule is O=C(NC(Cc1cnc[nH]1)C(=O)O)c1ccc(Cl)nc1Cl. The number of carbonyl (C=O) groups excluding carboxylic acids is 1. The molecule has 110 valence electrons. The number of carbonyl (C=O) groups is 2. The van der Waals surface area contributed by atoms with Crippen LogP contribution in [0.25, 0.3) is 0 Å². The van der Waals surface area contributed by atoms with Crippen LogP contribution < -0.4 is 5.32 Å². The van der Waals surface area contributed by atoms with Crippen molar-refractivity contribution in [3.05, 3.63) is 46.2 Å². The third-order valence-corrected chi connectivity index (χ3v) is 3.14. The summed E-state index contributed by atoms with van der Waals surface area (Å²) in [5, 5.41) is 11.6. The molecule has 3 N–H and O–H groups in total. The van der Waals surface area contributed by atoms with Gasteiger partial charge >= 0.3 is 5.97 Å². The maximum Gasteiger partial charge on any atom is 0.326 e. The molecular weight excluding hydrogens is 319 g/mol. The Hall–Kier alpha value is -2.12. The highest BCUT2D eigenvalue weighted by molar-refractivity contribution is 6.34. The third-order valence-electron chi connectivity index (χ3n) is 2.64. The van der Waals surface area contributed by atoms with Gasteiger partial charge in [0.25, 0.3) is 5.91 Å². The van der Waals surface area contributed by atoms with Crippen molar-refractivity contribution in [3.8, 4) is 0 Å². The molecule has 0 spiro atoms.